The number of aliphatic hydroxyl groups is 1. The summed E-state index contributed by atoms with van der Waals surface area (Å²) in [5, 5.41) is 10.0. The van der Waals surface area contributed by atoms with Crippen molar-refractivity contribution in [1.29, 1.82) is 0 Å². The van der Waals surface area contributed by atoms with Crippen LogP contribution in [0.4, 0.5) is 4.39 Å². The fourth-order valence-electron chi connectivity index (χ4n) is 6.98. The number of aliphatic hydroxyl groups excluding tert-OH is 1. The summed E-state index contributed by atoms with van der Waals surface area (Å²) in [4.78, 5) is 12.3. The van der Waals surface area contributed by atoms with Crippen LogP contribution in [0.2, 0.25) is 0 Å². The molecule has 4 rings (SSSR count). The number of rotatable bonds is 0. The van der Waals surface area contributed by atoms with Crippen LogP contribution < -0.4 is 0 Å². The largest absolute Gasteiger partial charge is 0.393 e. The number of alkyl halides is 1. The molecule has 8 atom stereocenters. The van der Waals surface area contributed by atoms with E-state index in [0.29, 0.717) is 29.6 Å². The molecule has 0 bridgehead atoms. The van der Waals surface area contributed by atoms with Gasteiger partial charge >= 0.3 is 0 Å². The van der Waals surface area contributed by atoms with E-state index in [1.165, 1.54) is 0 Å². The lowest BCUT2D eigenvalue weighted by atomic mass is 9.45. The van der Waals surface area contributed by atoms with Crippen molar-refractivity contribution in [2.75, 3.05) is 0 Å². The van der Waals surface area contributed by atoms with Crippen molar-refractivity contribution in [2.45, 2.75) is 77.5 Å². The molecule has 0 amide bonds. The molecule has 0 aliphatic heterocycles. The van der Waals surface area contributed by atoms with E-state index >= 15 is 0 Å². The first kappa shape index (κ1) is 15.1. The van der Waals surface area contributed by atoms with Crippen LogP contribution in [0.15, 0.2) is 0 Å². The summed E-state index contributed by atoms with van der Waals surface area (Å²) in [7, 11) is 0. The highest BCUT2D eigenvalue weighted by Crippen LogP contribution is 2.65. The maximum atomic E-state index is 14.1. The zero-order valence-electron chi connectivity index (χ0n) is 13.9. The molecule has 0 radical (unpaired) electrons. The molecule has 0 aromatic rings. The van der Waals surface area contributed by atoms with E-state index in [0.717, 1.165) is 44.9 Å². The summed E-state index contributed by atoms with van der Waals surface area (Å²) in [6.45, 7) is 4.46. The molecule has 4 fully saturated rings. The van der Waals surface area contributed by atoms with E-state index in [9.17, 15) is 14.3 Å². The van der Waals surface area contributed by atoms with Crippen LogP contribution in [0, 0.1) is 34.5 Å². The van der Waals surface area contributed by atoms with Gasteiger partial charge in [0.15, 0.2) is 12.0 Å². The highest BCUT2D eigenvalue weighted by atomic mass is 19.1. The molecule has 0 aromatic heterocycles. The fourth-order valence-corrected chi connectivity index (χ4v) is 6.98. The first-order chi connectivity index (χ1) is 10.4. The predicted octanol–water partition coefficient (Wildman–Crippen LogP) is 3.91. The minimum Gasteiger partial charge on any atom is -0.393 e. The van der Waals surface area contributed by atoms with Gasteiger partial charge in [0.2, 0.25) is 0 Å². The third-order valence-electron chi connectivity index (χ3n) is 8.34. The maximum absolute atomic E-state index is 14.1. The first-order valence-corrected chi connectivity index (χ1v) is 9.23. The molecule has 3 heteroatoms. The Morgan fingerprint density at radius 1 is 1.05 bits per heavy atom. The number of fused-ring (bicyclic) bond motifs is 5. The number of ketones is 1. The molecule has 1 N–H and O–H groups in total. The molecule has 0 spiro atoms. The lowest BCUT2D eigenvalue weighted by molar-refractivity contribution is -0.143. The van der Waals surface area contributed by atoms with Crippen molar-refractivity contribution in [3.63, 3.8) is 0 Å². The van der Waals surface area contributed by atoms with Gasteiger partial charge in [-0.25, -0.2) is 4.39 Å². The van der Waals surface area contributed by atoms with E-state index in [-0.39, 0.29) is 17.8 Å². The van der Waals surface area contributed by atoms with Crippen molar-refractivity contribution in [2.24, 2.45) is 34.5 Å². The number of Topliss-reactive ketones (excluding diaryl/α,β-unsaturated/α-hetero) is 1. The van der Waals surface area contributed by atoms with E-state index in [1.54, 1.807) is 0 Å². The van der Waals surface area contributed by atoms with Gasteiger partial charge in [0.05, 0.1) is 6.10 Å². The molecule has 0 aromatic carbocycles. The van der Waals surface area contributed by atoms with Gasteiger partial charge in [-0.2, -0.15) is 0 Å². The zero-order chi connectivity index (χ0) is 15.7. The van der Waals surface area contributed by atoms with Gasteiger partial charge in [0, 0.05) is 5.41 Å². The Labute approximate surface area is 132 Å². The van der Waals surface area contributed by atoms with Crippen molar-refractivity contribution in [3.05, 3.63) is 0 Å². The Morgan fingerprint density at radius 2 is 1.82 bits per heavy atom. The lowest BCUT2D eigenvalue weighted by Gasteiger charge is -2.59. The number of halogens is 1. The standard InChI is InChI=1S/C19H29FO2/c1-18-7-5-12(21)9-11(18)3-4-13-14(18)6-8-19(2)15(13)10-16(20)17(19)22/h11-16,21H,3-10H2,1-2H3/t11-,12+,13?,14?,15?,16+,18-,19-/m0/s1. The van der Waals surface area contributed by atoms with Gasteiger partial charge in [-0.1, -0.05) is 13.8 Å². The third kappa shape index (κ3) is 1.84. The lowest BCUT2D eigenvalue weighted by Crippen LogP contribution is -2.54. The Bertz CT molecular complexity index is 492. The quantitative estimate of drug-likeness (QED) is 0.737. The van der Waals surface area contributed by atoms with Crippen molar-refractivity contribution < 1.29 is 14.3 Å². The van der Waals surface area contributed by atoms with Gasteiger partial charge < -0.3 is 5.11 Å². The molecule has 2 nitrogen and oxygen atoms in total. The van der Waals surface area contributed by atoms with E-state index in [2.05, 4.69) is 6.92 Å². The van der Waals surface area contributed by atoms with Crippen LogP contribution in [0.5, 0.6) is 0 Å². The minimum atomic E-state index is -1.22. The molecule has 0 saturated heterocycles. The van der Waals surface area contributed by atoms with Gasteiger partial charge in [-0.15, -0.1) is 0 Å². The number of carbonyl (C=O) groups excluding carboxylic acids is 1. The Balaban J connectivity index is 1.64. The van der Waals surface area contributed by atoms with Crippen molar-refractivity contribution in [3.8, 4) is 0 Å². The molecule has 22 heavy (non-hydrogen) atoms. The second-order valence-electron chi connectivity index (χ2n) is 9.11. The monoisotopic (exact) mass is 308 g/mol. The zero-order valence-corrected chi connectivity index (χ0v) is 13.9. The smallest absolute Gasteiger partial charge is 0.173 e. The fraction of sp³-hybridized carbons (Fsp3) is 0.947. The van der Waals surface area contributed by atoms with Crippen molar-refractivity contribution in [1.82, 2.24) is 0 Å². The van der Waals surface area contributed by atoms with E-state index < -0.39 is 11.6 Å². The number of hydrogen-bond acceptors (Lipinski definition) is 2. The maximum Gasteiger partial charge on any atom is 0.173 e. The Kier molecular flexibility index (Phi) is 3.28. The van der Waals surface area contributed by atoms with Crippen LogP contribution in [0.1, 0.15) is 65.2 Å². The average molecular weight is 308 g/mol. The Hall–Kier alpha value is -0.440. The summed E-state index contributed by atoms with van der Waals surface area (Å²) in [6, 6.07) is 0. The molecular weight excluding hydrogens is 279 g/mol. The molecule has 4 aliphatic rings. The molecule has 4 saturated carbocycles. The molecule has 0 heterocycles. The second-order valence-corrected chi connectivity index (χ2v) is 9.11. The summed E-state index contributed by atoms with van der Waals surface area (Å²) in [6.07, 6.45) is 6.37. The molecule has 3 unspecified atom stereocenters. The van der Waals surface area contributed by atoms with Gasteiger partial charge in [-0.05, 0) is 80.5 Å². The molecule has 124 valence electrons. The summed E-state index contributed by atoms with van der Waals surface area (Å²) in [5.74, 6) is 1.94. The van der Waals surface area contributed by atoms with Gasteiger partial charge in [0.25, 0.3) is 0 Å². The van der Waals surface area contributed by atoms with Gasteiger partial charge in [-0.3, -0.25) is 4.79 Å². The highest BCUT2D eigenvalue weighted by Gasteiger charge is 2.62. The molecular formula is C19H29FO2. The summed E-state index contributed by atoms with van der Waals surface area (Å²) in [5.41, 5.74) is -0.0844. The highest BCUT2D eigenvalue weighted by molar-refractivity contribution is 5.91. The summed E-state index contributed by atoms with van der Waals surface area (Å²) < 4.78 is 14.1. The minimum absolute atomic E-state index is 0.109. The van der Waals surface area contributed by atoms with Crippen LogP contribution in [0.3, 0.4) is 0 Å². The summed E-state index contributed by atoms with van der Waals surface area (Å²) >= 11 is 0. The van der Waals surface area contributed by atoms with E-state index in [4.69, 9.17) is 0 Å². The van der Waals surface area contributed by atoms with Crippen LogP contribution in [-0.2, 0) is 4.79 Å². The first-order valence-electron chi connectivity index (χ1n) is 9.23. The van der Waals surface area contributed by atoms with Crippen molar-refractivity contribution >= 4 is 5.78 Å². The van der Waals surface area contributed by atoms with Crippen LogP contribution >= 0.6 is 0 Å². The second kappa shape index (κ2) is 4.78. The van der Waals surface area contributed by atoms with E-state index in [1.807, 2.05) is 6.92 Å². The topological polar surface area (TPSA) is 37.3 Å². The normalized spacial score (nSPS) is 57.9. The van der Waals surface area contributed by atoms with Crippen LogP contribution in [0.25, 0.3) is 0 Å². The SMILES string of the molecule is C[C@]12CCC3C(CC[C@H]4C[C@H](O)CC[C@]34C)C1C[C@@H](F)C2=O. The average Bonchev–Trinajstić information content (AvgIpc) is 2.72. The number of carbonyl (C=O) groups is 1. The van der Waals surface area contributed by atoms with Gasteiger partial charge in [0.1, 0.15) is 0 Å². The predicted molar refractivity (Wildman–Crippen MR) is 83.0 cm³/mol. The Morgan fingerprint density at radius 3 is 2.59 bits per heavy atom. The van der Waals surface area contributed by atoms with Crippen LogP contribution in [-0.4, -0.2) is 23.2 Å². The third-order valence-corrected chi connectivity index (χ3v) is 8.34. The number of hydrogen-bond donors (Lipinski definition) is 1. The molecule has 4 aliphatic carbocycles.